The maximum Gasteiger partial charge on any atom is 0.273 e. The van der Waals surface area contributed by atoms with Gasteiger partial charge >= 0.3 is 0 Å². The third kappa shape index (κ3) is 3.26. The van der Waals surface area contributed by atoms with Crippen LogP contribution in [0.25, 0.3) is 10.7 Å². The maximum absolute atomic E-state index is 11.6. The molecule has 0 aliphatic carbocycles. The third-order valence-electron chi connectivity index (χ3n) is 2.75. The van der Waals surface area contributed by atoms with Gasteiger partial charge in [-0.05, 0) is 17.5 Å². The van der Waals surface area contributed by atoms with Crippen molar-refractivity contribution in [3.05, 3.63) is 5.69 Å². The van der Waals surface area contributed by atoms with Gasteiger partial charge < -0.3 is 4.74 Å². The van der Waals surface area contributed by atoms with Crippen molar-refractivity contribution in [1.29, 1.82) is 0 Å². The molecule has 0 radical (unpaired) electrons. The van der Waals surface area contributed by atoms with Crippen molar-refractivity contribution < 1.29 is 13.2 Å². The van der Waals surface area contributed by atoms with E-state index in [1.807, 2.05) is 13.8 Å². The lowest BCUT2D eigenvalue weighted by atomic mass is 10.1. The molecule has 0 aliphatic rings. The van der Waals surface area contributed by atoms with E-state index < -0.39 is 10.0 Å². The summed E-state index contributed by atoms with van der Waals surface area (Å²) >= 11 is 1.14. The molecule has 0 unspecified atom stereocenters. The molecule has 0 atom stereocenters. The Morgan fingerprint density at radius 3 is 2.62 bits per heavy atom. The van der Waals surface area contributed by atoms with Crippen molar-refractivity contribution in [2.24, 2.45) is 5.14 Å². The Bertz CT molecular complexity index is 721. The Kier molecular flexibility index (Phi) is 4.66. The molecule has 21 heavy (non-hydrogen) atoms. The van der Waals surface area contributed by atoms with E-state index in [0.29, 0.717) is 17.3 Å². The largest absolute Gasteiger partial charge is 0.383 e. The summed E-state index contributed by atoms with van der Waals surface area (Å²) in [5.74, 6) is 0.513. The van der Waals surface area contributed by atoms with Gasteiger partial charge in [0.1, 0.15) is 4.88 Å². The highest BCUT2D eigenvalue weighted by Gasteiger charge is 2.25. The zero-order valence-electron chi connectivity index (χ0n) is 11.8. The van der Waals surface area contributed by atoms with Crippen LogP contribution in [-0.4, -0.2) is 46.5 Å². The van der Waals surface area contributed by atoms with E-state index in [1.54, 1.807) is 0 Å². The number of hydrogen-bond donors (Lipinski definition) is 1. The van der Waals surface area contributed by atoms with Crippen LogP contribution in [0.3, 0.4) is 0 Å². The lowest BCUT2D eigenvalue weighted by Gasteiger charge is -2.09. The number of sulfonamides is 1. The average molecular weight is 332 g/mol. The van der Waals surface area contributed by atoms with E-state index in [2.05, 4.69) is 19.8 Å². The van der Waals surface area contributed by atoms with Crippen molar-refractivity contribution >= 4 is 21.6 Å². The molecule has 0 aliphatic heterocycles. The van der Waals surface area contributed by atoms with Gasteiger partial charge in [-0.1, -0.05) is 18.3 Å². The second-order valence-electron chi connectivity index (χ2n) is 4.64. The van der Waals surface area contributed by atoms with Crippen molar-refractivity contribution in [2.45, 2.75) is 31.5 Å². The number of hydrogen-bond acceptors (Lipinski definition) is 8. The zero-order valence-corrected chi connectivity index (χ0v) is 13.5. The van der Waals surface area contributed by atoms with Crippen LogP contribution in [0, 0.1) is 0 Å². The smallest absolute Gasteiger partial charge is 0.273 e. The van der Waals surface area contributed by atoms with Crippen LogP contribution < -0.4 is 5.14 Å². The van der Waals surface area contributed by atoms with Crippen LogP contribution in [0.5, 0.6) is 0 Å². The summed E-state index contributed by atoms with van der Waals surface area (Å²) in [5.41, 5.74) is 0.743. The minimum Gasteiger partial charge on any atom is -0.383 e. The van der Waals surface area contributed by atoms with E-state index in [0.717, 1.165) is 17.2 Å². The number of nitrogens with zero attached hydrogens (tertiary/aromatic N) is 5. The standard InChI is InChI=1S/C10H16N6O3S2/c1-6(2)7-8(20-15-12-7)9-13-14-10(21(11,17)18)16(9)4-5-19-3/h6H,4-5H2,1-3H3,(H2,11,17,18). The summed E-state index contributed by atoms with van der Waals surface area (Å²) in [7, 11) is -2.45. The Morgan fingerprint density at radius 2 is 2.05 bits per heavy atom. The van der Waals surface area contributed by atoms with Gasteiger partial charge in [-0.2, -0.15) is 0 Å². The summed E-state index contributed by atoms with van der Waals surface area (Å²) in [4.78, 5) is 0.684. The van der Waals surface area contributed by atoms with Gasteiger partial charge in [-0.3, -0.25) is 4.57 Å². The van der Waals surface area contributed by atoms with Gasteiger partial charge in [0, 0.05) is 7.11 Å². The van der Waals surface area contributed by atoms with E-state index in [-0.39, 0.29) is 17.6 Å². The first-order chi connectivity index (χ1) is 9.86. The number of aromatic nitrogens is 5. The molecule has 11 heteroatoms. The molecular formula is C10H16N6O3S2. The third-order valence-corrected chi connectivity index (χ3v) is 4.30. The highest BCUT2D eigenvalue weighted by Crippen LogP contribution is 2.30. The SMILES string of the molecule is COCCn1c(-c2snnc2C(C)C)nnc1S(N)(=O)=O. The van der Waals surface area contributed by atoms with Gasteiger partial charge in [-0.15, -0.1) is 15.3 Å². The lowest BCUT2D eigenvalue weighted by Crippen LogP contribution is -2.20. The van der Waals surface area contributed by atoms with Crippen molar-refractivity contribution in [3.63, 3.8) is 0 Å². The molecule has 0 spiro atoms. The molecule has 0 saturated carbocycles. The van der Waals surface area contributed by atoms with E-state index in [4.69, 9.17) is 9.88 Å². The van der Waals surface area contributed by atoms with Crippen molar-refractivity contribution in [1.82, 2.24) is 24.4 Å². The first-order valence-corrected chi connectivity index (χ1v) is 8.45. The second kappa shape index (κ2) is 6.13. The fourth-order valence-corrected chi connectivity index (χ4v) is 3.23. The minimum absolute atomic E-state index is 0.129. The molecule has 0 bridgehead atoms. The molecule has 2 aromatic heterocycles. The fraction of sp³-hybridized carbons (Fsp3) is 0.600. The van der Waals surface area contributed by atoms with Crippen LogP contribution >= 0.6 is 11.5 Å². The quantitative estimate of drug-likeness (QED) is 0.801. The molecule has 2 heterocycles. The van der Waals surface area contributed by atoms with Gasteiger partial charge in [0.15, 0.2) is 5.82 Å². The molecule has 116 valence electrons. The minimum atomic E-state index is -3.97. The highest BCUT2D eigenvalue weighted by molar-refractivity contribution is 7.89. The van der Waals surface area contributed by atoms with Crippen LogP contribution in [-0.2, 0) is 21.3 Å². The summed E-state index contributed by atoms with van der Waals surface area (Å²) in [5, 5.41) is 16.6. The molecule has 2 aromatic rings. The molecule has 0 amide bonds. The lowest BCUT2D eigenvalue weighted by molar-refractivity contribution is 0.185. The fourth-order valence-electron chi connectivity index (χ4n) is 1.78. The van der Waals surface area contributed by atoms with Gasteiger partial charge in [-0.25, -0.2) is 13.6 Å². The molecule has 2 N–H and O–H groups in total. The highest BCUT2D eigenvalue weighted by atomic mass is 32.2. The van der Waals surface area contributed by atoms with E-state index in [9.17, 15) is 8.42 Å². The predicted octanol–water partition coefficient (Wildman–Crippen LogP) is 0.214. The van der Waals surface area contributed by atoms with E-state index >= 15 is 0 Å². The first kappa shape index (κ1) is 15.9. The van der Waals surface area contributed by atoms with Crippen molar-refractivity contribution in [2.75, 3.05) is 13.7 Å². The number of nitrogens with two attached hydrogens (primary N) is 1. The van der Waals surface area contributed by atoms with Gasteiger partial charge in [0.2, 0.25) is 0 Å². The summed E-state index contributed by atoms with van der Waals surface area (Å²) in [6.07, 6.45) is 0. The van der Waals surface area contributed by atoms with Crippen LogP contribution in [0.1, 0.15) is 25.5 Å². The Morgan fingerprint density at radius 1 is 1.33 bits per heavy atom. The average Bonchev–Trinajstić information content (AvgIpc) is 3.01. The normalized spacial score (nSPS) is 12.2. The summed E-state index contributed by atoms with van der Waals surface area (Å²) < 4.78 is 33.5. The second-order valence-corrected chi connectivity index (χ2v) is 6.85. The first-order valence-electron chi connectivity index (χ1n) is 6.13. The zero-order chi connectivity index (χ0) is 15.6. The summed E-state index contributed by atoms with van der Waals surface area (Å²) in [6, 6.07) is 0. The summed E-state index contributed by atoms with van der Waals surface area (Å²) in [6.45, 7) is 4.50. The number of ether oxygens (including phenoxy) is 1. The Labute approximate surface area is 126 Å². The molecule has 0 saturated heterocycles. The molecule has 2 rings (SSSR count). The van der Waals surface area contributed by atoms with Gasteiger partial charge in [0.05, 0.1) is 18.8 Å². The monoisotopic (exact) mass is 332 g/mol. The van der Waals surface area contributed by atoms with Crippen LogP contribution in [0.15, 0.2) is 5.16 Å². The molecular weight excluding hydrogens is 316 g/mol. The number of methoxy groups -OCH3 is 1. The van der Waals surface area contributed by atoms with E-state index in [1.165, 1.54) is 11.7 Å². The maximum atomic E-state index is 11.6. The Balaban J connectivity index is 2.58. The number of primary sulfonamides is 1. The topological polar surface area (TPSA) is 126 Å². The number of rotatable bonds is 6. The molecule has 0 fully saturated rings. The van der Waals surface area contributed by atoms with Crippen LogP contribution in [0.2, 0.25) is 0 Å². The Hall–Kier alpha value is -1.43. The molecule has 0 aromatic carbocycles. The molecule has 9 nitrogen and oxygen atoms in total. The van der Waals surface area contributed by atoms with Gasteiger partial charge in [0.25, 0.3) is 15.2 Å². The predicted molar refractivity (Wildman–Crippen MR) is 76.3 cm³/mol. The van der Waals surface area contributed by atoms with Crippen LogP contribution in [0.4, 0.5) is 0 Å². The van der Waals surface area contributed by atoms with Crippen molar-refractivity contribution in [3.8, 4) is 10.7 Å².